The first-order valence-electron chi connectivity index (χ1n) is 6.81. The fourth-order valence-corrected chi connectivity index (χ4v) is 4.40. The monoisotopic (exact) mass is 295 g/mol. The third kappa shape index (κ3) is 2.74. The fourth-order valence-electron chi connectivity index (χ4n) is 2.54. The Morgan fingerprint density at radius 1 is 1.40 bits per heavy atom. The Bertz CT molecular complexity index is 590. The number of carboxylic acids is 1. The van der Waals surface area contributed by atoms with E-state index in [1.165, 1.54) is 5.56 Å². The van der Waals surface area contributed by atoms with E-state index in [1.54, 1.807) is 4.31 Å². The maximum absolute atomic E-state index is 12.9. The molecule has 2 rings (SSSR count). The molecule has 1 aromatic carbocycles. The summed E-state index contributed by atoms with van der Waals surface area (Å²) >= 11 is 0. The molecule has 0 radical (unpaired) electrons. The van der Waals surface area contributed by atoms with E-state index in [0.717, 1.165) is 6.42 Å². The Labute approximate surface area is 120 Å². The van der Waals surface area contributed by atoms with E-state index >= 15 is 0 Å². The van der Waals surface area contributed by atoms with Crippen molar-refractivity contribution in [1.82, 2.24) is 4.31 Å². The molecule has 1 fully saturated rings. The second-order valence-corrected chi connectivity index (χ2v) is 7.72. The van der Waals surface area contributed by atoms with Gasteiger partial charge in [0.1, 0.15) is 6.04 Å². The van der Waals surface area contributed by atoms with Crippen LogP contribution in [-0.4, -0.2) is 38.0 Å². The standard InChI is InChI=1S/C15H21NO3S/c1-11(2)12-6-8-13(9-7-12)20(3,19)16-10-4-5-14(16)15(17)18/h6-9,11,14H,3-5,10H2,1-2H3,(H,17,18)/t14-,20?/m0/s1. The Hall–Kier alpha value is -1.33. The average molecular weight is 295 g/mol. The van der Waals surface area contributed by atoms with Crippen molar-refractivity contribution in [2.45, 2.75) is 43.5 Å². The average Bonchev–Trinajstić information content (AvgIpc) is 2.89. The molecule has 0 saturated carbocycles. The van der Waals surface area contributed by atoms with Gasteiger partial charge in [0.05, 0.1) is 9.71 Å². The van der Waals surface area contributed by atoms with Crippen LogP contribution in [0.4, 0.5) is 0 Å². The third-order valence-electron chi connectivity index (χ3n) is 3.78. The van der Waals surface area contributed by atoms with E-state index in [1.807, 2.05) is 24.3 Å². The predicted molar refractivity (Wildman–Crippen MR) is 81.4 cm³/mol. The van der Waals surface area contributed by atoms with Gasteiger partial charge in [0.25, 0.3) is 0 Å². The highest BCUT2D eigenvalue weighted by Crippen LogP contribution is 2.27. The van der Waals surface area contributed by atoms with Crippen LogP contribution >= 0.6 is 0 Å². The van der Waals surface area contributed by atoms with Crippen molar-refractivity contribution in [3.8, 4) is 0 Å². The largest absolute Gasteiger partial charge is 0.480 e. The lowest BCUT2D eigenvalue weighted by Crippen LogP contribution is -2.40. The second-order valence-electron chi connectivity index (χ2n) is 5.50. The lowest BCUT2D eigenvalue weighted by molar-refractivity contribution is -0.140. The molecule has 2 atom stereocenters. The maximum atomic E-state index is 12.9. The van der Waals surface area contributed by atoms with E-state index in [2.05, 4.69) is 19.7 Å². The van der Waals surface area contributed by atoms with Crippen molar-refractivity contribution in [3.63, 3.8) is 0 Å². The molecule has 5 heteroatoms. The molecule has 1 aliphatic heterocycles. The molecule has 1 aromatic rings. The number of rotatable bonds is 4. The van der Waals surface area contributed by atoms with Crippen LogP contribution in [0.5, 0.6) is 0 Å². The molecule has 1 N–H and O–H groups in total. The summed E-state index contributed by atoms with van der Waals surface area (Å²) in [5.74, 6) is 3.31. The highest BCUT2D eigenvalue weighted by Gasteiger charge is 2.36. The maximum Gasteiger partial charge on any atom is 0.321 e. The Kier molecular flexibility index (Phi) is 4.20. The van der Waals surface area contributed by atoms with Crippen molar-refractivity contribution in [1.29, 1.82) is 0 Å². The van der Waals surface area contributed by atoms with Gasteiger partial charge >= 0.3 is 5.97 Å². The highest BCUT2D eigenvalue weighted by atomic mass is 32.2. The third-order valence-corrected chi connectivity index (χ3v) is 5.99. The van der Waals surface area contributed by atoms with Gasteiger partial charge in [-0.25, -0.2) is 8.51 Å². The molecule has 110 valence electrons. The first kappa shape index (κ1) is 15.1. The molecule has 0 amide bonds. The number of carboxylic acid groups (broad SMARTS) is 1. The molecular formula is C15H21NO3S. The van der Waals surface area contributed by atoms with E-state index in [0.29, 0.717) is 23.8 Å². The van der Waals surface area contributed by atoms with Crippen molar-refractivity contribution in [3.05, 3.63) is 29.8 Å². The SMILES string of the molecule is C=S(=O)(c1ccc(C(C)C)cc1)N1CCC[C@H]1C(=O)O. The molecule has 4 nitrogen and oxygen atoms in total. The fraction of sp³-hybridized carbons (Fsp3) is 0.467. The van der Waals surface area contributed by atoms with Crippen LogP contribution in [0.1, 0.15) is 38.2 Å². The van der Waals surface area contributed by atoms with E-state index in [4.69, 9.17) is 0 Å². The summed E-state index contributed by atoms with van der Waals surface area (Å²) < 4.78 is 14.5. The smallest absolute Gasteiger partial charge is 0.321 e. The van der Waals surface area contributed by atoms with Crippen LogP contribution in [0, 0.1) is 0 Å². The zero-order chi connectivity index (χ0) is 14.9. The number of hydrogen-bond acceptors (Lipinski definition) is 2. The second kappa shape index (κ2) is 5.58. The number of carbonyl (C=O) groups is 1. The lowest BCUT2D eigenvalue weighted by Gasteiger charge is -2.25. The minimum atomic E-state index is -2.72. The topological polar surface area (TPSA) is 57.6 Å². The first-order chi connectivity index (χ1) is 9.34. The zero-order valence-corrected chi connectivity index (χ0v) is 12.7. The number of nitrogens with zero attached hydrogens (tertiary/aromatic N) is 1. The molecule has 1 heterocycles. The Morgan fingerprint density at radius 2 is 2.00 bits per heavy atom. The summed E-state index contributed by atoms with van der Waals surface area (Å²) in [7, 11) is -2.72. The lowest BCUT2D eigenvalue weighted by atomic mass is 10.0. The quantitative estimate of drug-likeness (QED) is 0.868. The molecule has 0 bridgehead atoms. The molecule has 20 heavy (non-hydrogen) atoms. The van der Waals surface area contributed by atoms with Crippen molar-refractivity contribution in [2.24, 2.45) is 0 Å². The summed E-state index contributed by atoms with van der Waals surface area (Å²) in [6, 6.07) is 6.81. The van der Waals surface area contributed by atoms with E-state index in [9.17, 15) is 14.1 Å². The molecule has 1 aliphatic rings. The van der Waals surface area contributed by atoms with Gasteiger partial charge < -0.3 is 5.11 Å². The summed E-state index contributed by atoms with van der Waals surface area (Å²) in [4.78, 5) is 11.8. The molecule has 1 unspecified atom stereocenters. The van der Waals surface area contributed by atoms with Crippen LogP contribution in [0.25, 0.3) is 0 Å². The number of hydrogen-bond donors (Lipinski definition) is 1. The van der Waals surface area contributed by atoms with E-state index < -0.39 is 21.7 Å². The molecule has 0 aromatic heterocycles. The summed E-state index contributed by atoms with van der Waals surface area (Å²) in [5.41, 5.74) is 1.17. The van der Waals surface area contributed by atoms with Gasteiger partial charge in [-0.15, -0.1) is 0 Å². The van der Waals surface area contributed by atoms with Crippen molar-refractivity contribution >= 4 is 21.5 Å². The summed E-state index contributed by atoms with van der Waals surface area (Å²) in [6.07, 6.45) is 1.28. The highest BCUT2D eigenvalue weighted by molar-refractivity contribution is 7.98. The molecule has 0 aliphatic carbocycles. The van der Waals surface area contributed by atoms with Crippen LogP contribution in [0.15, 0.2) is 29.2 Å². The summed E-state index contributed by atoms with van der Waals surface area (Å²) in [6.45, 7) is 4.71. The van der Waals surface area contributed by atoms with Gasteiger partial charge in [0, 0.05) is 11.4 Å². The minimum Gasteiger partial charge on any atom is -0.480 e. The Balaban J connectivity index is 2.32. The Morgan fingerprint density at radius 3 is 2.50 bits per heavy atom. The van der Waals surface area contributed by atoms with Crippen LogP contribution in [-0.2, 0) is 14.5 Å². The zero-order valence-electron chi connectivity index (χ0n) is 11.9. The normalized spacial score (nSPS) is 22.9. The summed E-state index contributed by atoms with van der Waals surface area (Å²) in [5, 5.41) is 9.22. The predicted octanol–water partition coefficient (Wildman–Crippen LogP) is 2.35. The minimum absolute atomic E-state index is 0.406. The van der Waals surface area contributed by atoms with Gasteiger partial charge in [-0.2, -0.15) is 0 Å². The molecular weight excluding hydrogens is 274 g/mol. The van der Waals surface area contributed by atoms with E-state index in [-0.39, 0.29) is 0 Å². The molecule has 0 spiro atoms. The van der Waals surface area contributed by atoms with Crippen LogP contribution in [0.3, 0.4) is 0 Å². The number of benzene rings is 1. The van der Waals surface area contributed by atoms with Crippen LogP contribution < -0.4 is 0 Å². The van der Waals surface area contributed by atoms with Crippen LogP contribution in [0.2, 0.25) is 0 Å². The first-order valence-corrected chi connectivity index (χ1v) is 8.49. The van der Waals surface area contributed by atoms with Gasteiger partial charge in [-0.1, -0.05) is 26.0 Å². The van der Waals surface area contributed by atoms with Gasteiger partial charge in [0.15, 0.2) is 0 Å². The van der Waals surface area contributed by atoms with Gasteiger partial charge in [-0.05, 0) is 42.3 Å². The molecule has 1 saturated heterocycles. The number of aliphatic carboxylic acids is 1. The van der Waals surface area contributed by atoms with Gasteiger partial charge in [-0.3, -0.25) is 4.79 Å². The van der Waals surface area contributed by atoms with Crippen molar-refractivity contribution < 1.29 is 14.1 Å². The van der Waals surface area contributed by atoms with Crippen molar-refractivity contribution in [2.75, 3.05) is 6.54 Å². The van der Waals surface area contributed by atoms with Gasteiger partial charge in [0.2, 0.25) is 0 Å².